The Morgan fingerprint density at radius 1 is 1.00 bits per heavy atom. The molecule has 2 aliphatic heterocycles. The molecule has 31 heavy (non-hydrogen) atoms. The van der Waals surface area contributed by atoms with Crippen molar-refractivity contribution in [3.8, 4) is 5.75 Å². The molecule has 2 aromatic rings. The SMILES string of the molecule is O=C(O[C@@H](C(=O)N1CCOCC1)c1ccccc1)c1ccc(OC[C@@H]2CCCO2)cc1. The lowest BCUT2D eigenvalue weighted by molar-refractivity contribution is -0.145. The number of hydrogen-bond acceptors (Lipinski definition) is 6. The van der Waals surface area contributed by atoms with Crippen molar-refractivity contribution >= 4 is 11.9 Å². The van der Waals surface area contributed by atoms with E-state index in [2.05, 4.69) is 0 Å². The number of esters is 1. The molecule has 7 heteroatoms. The van der Waals surface area contributed by atoms with Crippen molar-refractivity contribution < 1.29 is 28.5 Å². The van der Waals surface area contributed by atoms with Crippen molar-refractivity contribution in [3.05, 3.63) is 65.7 Å². The van der Waals surface area contributed by atoms with Gasteiger partial charge in [0, 0.05) is 25.3 Å². The second-order valence-electron chi connectivity index (χ2n) is 7.60. The van der Waals surface area contributed by atoms with E-state index in [1.54, 1.807) is 41.3 Å². The molecule has 2 fully saturated rings. The van der Waals surface area contributed by atoms with Crippen LogP contribution in [0.15, 0.2) is 54.6 Å². The Morgan fingerprint density at radius 2 is 1.74 bits per heavy atom. The van der Waals surface area contributed by atoms with E-state index in [1.807, 2.05) is 18.2 Å². The van der Waals surface area contributed by atoms with E-state index in [9.17, 15) is 9.59 Å². The summed E-state index contributed by atoms with van der Waals surface area (Å²) in [6.07, 6.45) is 1.19. The zero-order valence-electron chi connectivity index (χ0n) is 17.4. The maximum absolute atomic E-state index is 13.1. The van der Waals surface area contributed by atoms with Gasteiger partial charge in [-0.2, -0.15) is 0 Å². The largest absolute Gasteiger partial charge is 0.491 e. The van der Waals surface area contributed by atoms with Gasteiger partial charge in [0.1, 0.15) is 12.4 Å². The predicted octanol–water partition coefficient (Wildman–Crippen LogP) is 3.00. The molecule has 7 nitrogen and oxygen atoms in total. The Morgan fingerprint density at radius 3 is 2.42 bits per heavy atom. The first-order valence-corrected chi connectivity index (χ1v) is 10.7. The quantitative estimate of drug-likeness (QED) is 0.635. The number of hydrogen-bond donors (Lipinski definition) is 0. The van der Waals surface area contributed by atoms with Gasteiger partial charge in [0.15, 0.2) is 0 Å². The highest BCUT2D eigenvalue weighted by Crippen LogP contribution is 2.24. The molecule has 0 aromatic heterocycles. The van der Waals surface area contributed by atoms with Gasteiger partial charge in [0.25, 0.3) is 5.91 Å². The van der Waals surface area contributed by atoms with Crippen LogP contribution in [0.5, 0.6) is 5.75 Å². The summed E-state index contributed by atoms with van der Waals surface area (Å²) in [5.74, 6) is -0.128. The summed E-state index contributed by atoms with van der Waals surface area (Å²) in [4.78, 5) is 27.6. The molecule has 4 rings (SSSR count). The van der Waals surface area contributed by atoms with Gasteiger partial charge in [-0.15, -0.1) is 0 Å². The van der Waals surface area contributed by atoms with Crippen LogP contribution < -0.4 is 4.74 Å². The van der Waals surface area contributed by atoms with Crippen LogP contribution >= 0.6 is 0 Å². The number of rotatable bonds is 7. The number of carbonyl (C=O) groups is 2. The highest BCUT2D eigenvalue weighted by atomic mass is 16.6. The van der Waals surface area contributed by atoms with E-state index in [1.165, 1.54) is 0 Å². The smallest absolute Gasteiger partial charge is 0.339 e. The fraction of sp³-hybridized carbons (Fsp3) is 0.417. The van der Waals surface area contributed by atoms with Crippen LogP contribution in [-0.2, 0) is 19.0 Å². The highest BCUT2D eigenvalue weighted by molar-refractivity contribution is 5.92. The summed E-state index contributed by atoms with van der Waals surface area (Å²) >= 11 is 0. The first kappa shape index (κ1) is 21.3. The lowest BCUT2D eigenvalue weighted by Gasteiger charge is -2.30. The third-order valence-corrected chi connectivity index (χ3v) is 5.42. The minimum absolute atomic E-state index is 0.127. The molecule has 2 saturated heterocycles. The van der Waals surface area contributed by atoms with Gasteiger partial charge in [-0.3, -0.25) is 4.79 Å². The van der Waals surface area contributed by atoms with Gasteiger partial charge in [0.2, 0.25) is 6.10 Å². The van der Waals surface area contributed by atoms with E-state index < -0.39 is 12.1 Å². The number of carbonyl (C=O) groups excluding carboxylic acids is 2. The average Bonchev–Trinajstić information content (AvgIpc) is 3.36. The maximum atomic E-state index is 13.1. The first-order valence-electron chi connectivity index (χ1n) is 10.7. The lowest BCUT2D eigenvalue weighted by Crippen LogP contribution is -2.44. The molecule has 2 heterocycles. The number of morpholine rings is 1. The van der Waals surface area contributed by atoms with Crippen LogP contribution in [0.1, 0.15) is 34.9 Å². The summed E-state index contributed by atoms with van der Waals surface area (Å²) in [5, 5.41) is 0. The van der Waals surface area contributed by atoms with Crippen LogP contribution in [-0.4, -0.2) is 62.4 Å². The average molecular weight is 425 g/mol. The standard InChI is InChI=1S/C24H27NO6/c26-23(25-12-15-28-16-13-25)22(18-5-2-1-3-6-18)31-24(27)19-8-10-20(11-9-19)30-17-21-7-4-14-29-21/h1-3,5-6,8-11,21-22H,4,7,12-17H2/t21-,22+/m0/s1. The minimum Gasteiger partial charge on any atom is -0.491 e. The van der Waals surface area contributed by atoms with Gasteiger partial charge in [-0.05, 0) is 37.1 Å². The molecule has 1 amide bonds. The summed E-state index contributed by atoms with van der Waals surface area (Å²) in [6, 6.07) is 15.8. The number of ether oxygens (including phenoxy) is 4. The van der Waals surface area contributed by atoms with Crippen molar-refractivity contribution in [2.75, 3.05) is 39.5 Å². The minimum atomic E-state index is -0.998. The van der Waals surface area contributed by atoms with E-state index in [-0.39, 0.29) is 12.0 Å². The Kier molecular flexibility index (Phi) is 7.17. The molecule has 164 valence electrons. The third-order valence-electron chi connectivity index (χ3n) is 5.42. The molecule has 0 saturated carbocycles. The van der Waals surface area contributed by atoms with E-state index in [0.29, 0.717) is 49.8 Å². The lowest BCUT2D eigenvalue weighted by atomic mass is 10.1. The summed E-state index contributed by atoms with van der Waals surface area (Å²) < 4.78 is 22.3. The topological polar surface area (TPSA) is 74.3 Å². The normalized spacial score (nSPS) is 19.6. The predicted molar refractivity (Wildman–Crippen MR) is 113 cm³/mol. The molecule has 0 aliphatic carbocycles. The van der Waals surface area contributed by atoms with Crippen LogP contribution in [0.25, 0.3) is 0 Å². The van der Waals surface area contributed by atoms with E-state index in [4.69, 9.17) is 18.9 Å². The zero-order valence-corrected chi connectivity index (χ0v) is 17.4. The Bertz CT molecular complexity index is 857. The molecule has 0 bridgehead atoms. The monoisotopic (exact) mass is 425 g/mol. The van der Waals surface area contributed by atoms with Gasteiger partial charge < -0.3 is 23.8 Å². The summed E-state index contributed by atoms with van der Waals surface area (Å²) in [6.45, 7) is 3.20. The summed E-state index contributed by atoms with van der Waals surface area (Å²) in [7, 11) is 0. The van der Waals surface area contributed by atoms with Gasteiger partial charge in [-0.25, -0.2) is 4.79 Å². The van der Waals surface area contributed by atoms with Crippen molar-refractivity contribution in [1.29, 1.82) is 0 Å². The van der Waals surface area contributed by atoms with Crippen molar-refractivity contribution in [2.24, 2.45) is 0 Å². The Balaban J connectivity index is 1.42. The van der Waals surface area contributed by atoms with Crippen LogP contribution in [0.2, 0.25) is 0 Å². The number of amides is 1. The second-order valence-corrected chi connectivity index (χ2v) is 7.60. The molecule has 0 N–H and O–H groups in total. The number of nitrogens with zero attached hydrogens (tertiary/aromatic N) is 1. The zero-order chi connectivity index (χ0) is 21.5. The molecular formula is C24H27NO6. The highest BCUT2D eigenvalue weighted by Gasteiger charge is 2.30. The molecule has 2 atom stereocenters. The fourth-order valence-electron chi connectivity index (χ4n) is 3.67. The third kappa shape index (κ3) is 5.62. The molecule has 0 unspecified atom stereocenters. The fourth-order valence-corrected chi connectivity index (χ4v) is 3.67. The Labute approximate surface area is 181 Å². The van der Waals surface area contributed by atoms with Crippen LogP contribution in [0.3, 0.4) is 0 Å². The van der Waals surface area contributed by atoms with Crippen molar-refractivity contribution in [2.45, 2.75) is 25.0 Å². The van der Waals surface area contributed by atoms with Gasteiger partial charge in [0.05, 0.1) is 24.9 Å². The molecule has 2 aromatic carbocycles. The van der Waals surface area contributed by atoms with Crippen molar-refractivity contribution in [3.63, 3.8) is 0 Å². The van der Waals surface area contributed by atoms with Crippen LogP contribution in [0, 0.1) is 0 Å². The molecule has 0 radical (unpaired) electrons. The van der Waals surface area contributed by atoms with E-state index >= 15 is 0 Å². The summed E-state index contributed by atoms with van der Waals surface area (Å²) in [5.41, 5.74) is 1.00. The maximum Gasteiger partial charge on any atom is 0.339 e. The van der Waals surface area contributed by atoms with E-state index in [0.717, 1.165) is 19.4 Å². The second kappa shape index (κ2) is 10.4. The van der Waals surface area contributed by atoms with Gasteiger partial charge in [-0.1, -0.05) is 30.3 Å². The molecule has 0 spiro atoms. The Hall–Kier alpha value is -2.90. The van der Waals surface area contributed by atoms with Crippen molar-refractivity contribution in [1.82, 2.24) is 4.90 Å². The molecule has 2 aliphatic rings. The first-order chi connectivity index (χ1) is 15.2. The van der Waals surface area contributed by atoms with Crippen LogP contribution in [0.4, 0.5) is 0 Å². The van der Waals surface area contributed by atoms with Gasteiger partial charge >= 0.3 is 5.97 Å². The molecular weight excluding hydrogens is 398 g/mol. The number of benzene rings is 2.